The number of carbonyl (C=O) groups is 2. The van der Waals surface area contributed by atoms with Gasteiger partial charge in [-0.1, -0.05) is 18.2 Å². The number of benzene rings is 2. The number of rotatable bonds is 8. The molecule has 0 aromatic heterocycles. The van der Waals surface area contributed by atoms with Crippen LogP contribution >= 0.6 is 0 Å². The summed E-state index contributed by atoms with van der Waals surface area (Å²) < 4.78 is 16.2. The van der Waals surface area contributed by atoms with Gasteiger partial charge in [-0.3, -0.25) is 9.59 Å². The van der Waals surface area contributed by atoms with Crippen molar-refractivity contribution in [1.82, 2.24) is 5.01 Å². The lowest BCUT2D eigenvalue weighted by molar-refractivity contribution is -0.141. The molecule has 1 amide bonds. The van der Waals surface area contributed by atoms with E-state index in [9.17, 15) is 9.59 Å². The van der Waals surface area contributed by atoms with Gasteiger partial charge in [0.2, 0.25) is 5.91 Å². The molecule has 1 aliphatic rings. The molecule has 0 aliphatic carbocycles. The minimum atomic E-state index is -1.03. The van der Waals surface area contributed by atoms with Crippen molar-refractivity contribution in [2.24, 2.45) is 5.10 Å². The van der Waals surface area contributed by atoms with Crippen LogP contribution in [0.1, 0.15) is 36.4 Å². The first-order chi connectivity index (χ1) is 14.5. The first kappa shape index (κ1) is 21.2. The highest BCUT2D eigenvalue weighted by atomic mass is 16.5. The quantitative estimate of drug-likeness (QED) is 0.715. The summed E-state index contributed by atoms with van der Waals surface area (Å²) in [5, 5.41) is 14.9. The Labute approximate surface area is 174 Å². The average Bonchev–Trinajstić information content (AvgIpc) is 3.22. The predicted octanol–water partition coefficient (Wildman–Crippen LogP) is 3.25. The Balaban J connectivity index is 2.00. The van der Waals surface area contributed by atoms with Gasteiger partial charge in [0.1, 0.15) is 17.2 Å². The maximum Gasteiger partial charge on any atom is 0.303 e. The van der Waals surface area contributed by atoms with Crippen LogP contribution < -0.4 is 14.2 Å². The minimum Gasteiger partial charge on any atom is -0.497 e. The molecule has 0 saturated heterocycles. The molecular formula is C22H24N2O6. The minimum absolute atomic E-state index is 0.140. The maximum absolute atomic E-state index is 12.8. The lowest BCUT2D eigenvalue weighted by Gasteiger charge is -2.23. The number of hydrogen-bond donors (Lipinski definition) is 1. The molecule has 158 valence electrons. The summed E-state index contributed by atoms with van der Waals surface area (Å²) in [5.41, 5.74) is 2.24. The average molecular weight is 412 g/mol. The summed E-state index contributed by atoms with van der Waals surface area (Å²) >= 11 is 0. The van der Waals surface area contributed by atoms with Gasteiger partial charge in [-0.05, 0) is 18.2 Å². The van der Waals surface area contributed by atoms with E-state index in [1.807, 2.05) is 36.4 Å². The van der Waals surface area contributed by atoms with Crippen molar-refractivity contribution in [2.75, 3.05) is 21.3 Å². The largest absolute Gasteiger partial charge is 0.497 e. The van der Waals surface area contributed by atoms with Crippen molar-refractivity contribution in [3.8, 4) is 17.2 Å². The monoisotopic (exact) mass is 412 g/mol. The van der Waals surface area contributed by atoms with Crippen LogP contribution in [0.5, 0.6) is 17.2 Å². The van der Waals surface area contributed by atoms with Gasteiger partial charge in [-0.2, -0.15) is 5.10 Å². The molecule has 2 aromatic rings. The number of hydrazone groups is 1. The Morgan fingerprint density at radius 1 is 1.03 bits per heavy atom. The van der Waals surface area contributed by atoms with Crippen molar-refractivity contribution in [2.45, 2.75) is 25.3 Å². The SMILES string of the molecule is COc1cc(OC)cc(C2=NN(C(=O)CCC(=O)O)[C@@H](c3ccccc3OC)C2)c1. The number of amides is 1. The summed E-state index contributed by atoms with van der Waals surface area (Å²) in [7, 11) is 4.70. The highest BCUT2D eigenvalue weighted by Gasteiger charge is 2.35. The van der Waals surface area contributed by atoms with Gasteiger partial charge >= 0.3 is 5.97 Å². The van der Waals surface area contributed by atoms with Gasteiger partial charge in [-0.15, -0.1) is 0 Å². The number of carbonyl (C=O) groups excluding carboxylic acids is 1. The molecule has 8 heteroatoms. The molecule has 0 bridgehead atoms. The molecule has 1 N–H and O–H groups in total. The molecule has 3 rings (SSSR count). The molecule has 0 saturated carbocycles. The highest BCUT2D eigenvalue weighted by molar-refractivity contribution is 6.04. The second-order valence-electron chi connectivity index (χ2n) is 6.74. The third-order valence-electron chi connectivity index (χ3n) is 4.90. The zero-order valence-corrected chi connectivity index (χ0v) is 17.1. The number of methoxy groups -OCH3 is 3. The fraction of sp³-hybridized carbons (Fsp3) is 0.318. The Kier molecular flexibility index (Phi) is 6.56. The van der Waals surface area contributed by atoms with E-state index in [2.05, 4.69) is 5.10 Å². The van der Waals surface area contributed by atoms with E-state index in [4.69, 9.17) is 19.3 Å². The number of carboxylic acids is 1. The van der Waals surface area contributed by atoms with Crippen LogP contribution in [0.25, 0.3) is 0 Å². The molecule has 0 unspecified atom stereocenters. The highest BCUT2D eigenvalue weighted by Crippen LogP contribution is 2.38. The second kappa shape index (κ2) is 9.30. The van der Waals surface area contributed by atoms with Crippen LogP contribution in [-0.2, 0) is 9.59 Å². The van der Waals surface area contributed by atoms with Crippen molar-refractivity contribution in [3.05, 3.63) is 53.6 Å². The van der Waals surface area contributed by atoms with E-state index in [-0.39, 0.29) is 18.7 Å². The summed E-state index contributed by atoms with van der Waals surface area (Å²) in [4.78, 5) is 23.8. The number of carboxylic acid groups (broad SMARTS) is 1. The fourth-order valence-electron chi connectivity index (χ4n) is 3.40. The van der Waals surface area contributed by atoms with Gasteiger partial charge in [0.25, 0.3) is 0 Å². The number of nitrogens with zero attached hydrogens (tertiary/aromatic N) is 2. The van der Waals surface area contributed by atoms with Gasteiger partial charge in [0, 0.05) is 30.0 Å². The van der Waals surface area contributed by atoms with Crippen LogP contribution in [0.15, 0.2) is 47.6 Å². The van der Waals surface area contributed by atoms with E-state index in [1.165, 1.54) is 5.01 Å². The Morgan fingerprint density at radius 2 is 1.70 bits per heavy atom. The first-order valence-corrected chi connectivity index (χ1v) is 9.44. The molecule has 1 heterocycles. The van der Waals surface area contributed by atoms with Crippen molar-refractivity contribution < 1.29 is 28.9 Å². The maximum atomic E-state index is 12.8. The molecule has 1 atom stereocenters. The van der Waals surface area contributed by atoms with E-state index < -0.39 is 12.0 Å². The zero-order chi connectivity index (χ0) is 21.7. The van der Waals surface area contributed by atoms with E-state index in [0.717, 1.165) is 11.1 Å². The molecule has 2 aromatic carbocycles. The van der Waals surface area contributed by atoms with E-state index in [1.54, 1.807) is 27.4 Å². The number of aliphatic carboxylic acids is 1. The Hall–Kier alpha value is -3.55. The number of hydrogen-bond acceptors (Lipinski definition) is 6. The molecule has 8 nitrogen and oxygen atoms in total. The molecule has 0 fully saturated rings. The summed E-state index contributed by atoms with van der Waals surface area (Å²) in [6, 6.07) is 12.4. The van der Waals surface area contributed by atoms with Crippen molar-refractivity contribution in [1.29, 1.82) is 0 Å². The molecule has 0 spiro atoms. The van der Waals surface area contributed by atoms with Crippen LogP contribution in [0.4, 0.5) is 0 Å². The predicted molar refractivity (Wildman–Crippen MR) is 110 cm³/mol. The van der Waals surface area contributed by atoms with Gasteiger partial charge in [-0.25, -0.2) is 5.01 Å². The smallest absolute Gasteiger partial charge is 0.303 e. The second-order valence-corrected chi connectivity index (χ2v) is 6.74. The van der Waals surface area contributed by atoms with Crippen LogP contribution in [0.2, 0.25) is 0 Å². The third kappa shape index (κ3) is 4.53. The van der Waals surface area contributed by atoms with Crippen LogP contribution in [-0.4, -0.2) is 49.0 Å². The topological polar surface area (TPSA) is 97.7 Å². The van der Waals surface area contributed by atoms with Crippen molar-refractivity contribution >= 4 is 17.6 Å². The fourth-order valence-corrected chi connectivity index (χ4v) is 3.40. The summed E-state index contributed by atoms with van der Waals surface area (Å²) in [6.07, 6.45) is 0.0422. The molecule has 0 radical (unpaired) electrons. The zero-order valence-electron chi connectivity index (χ0n) is 17.1. The third-order valence-corrected chi connectivity index (χ3v) is 4.90. The lowest BCUT2D eigenvalue weighted by atomic mass is 9.97. The van der Waals surface area contributed by atoms with Gasteiger partial charge in [0.15, 0.2) is 0 Å². The number of ether oxygens (including phenoxy) is 3. The standard InChI is InChI=1S/C22H24N2O6/c1-28-15-10-14(11-16(12-15)29-2)18-13-19(17-6-4-5-7-20(17)30-3)24(23-18)21(25)8-9-22(26)27/h4-7,10-12,19H,8-9,13H2,1-3H3,(H,26,27)/t19-/m1/s1. The van der Waals surface area contributed by atoms with Crippen LogP contribution in [0.3, 0.4) is 0 Å². The van der Waals surface area contributed by atoms with Crippen LogP contribution in [0, 0.1) is 0 Å². The Bertz CT molecular complexity index is 950. The lowest BCUT2D eigenvalue weighted by Crippen LogP contribution is -2.27. The molecule has 1 aliphatic heterocycles. The van der Waals surface area contributed by atoms with Crippen molar-refractivity contribution in [3.63, 3.8) is 0 Å². The normalized spacial score (nSPS) is 15.5. The van der Waals surface area contributed by atoms with E-state index >= 15 is 0 Å². The summed E-state index contributed by atoms with van der Waals surface area (Å²) in [5.74, 6) is 0.461. The number of para-hydroxylation sites is 1. The van der Waals surface area contributed by atoms with E-state index in [0.29, 0.717) is 29.4 Å². The van der Waals surface area contributed by atoms with Gasteiger partial charge < -0.3 is 19.3 Å². The molecule has 30 heavy (non-hydrogen) atoms. The summed E-state index contributed by atoms with van der Waals surface area (Å²) in [6.45, 7) is 0. The Morgan fingerprint density at radius 3 is 2.30 bits per heavy atom. The van der Waals surface area contributed by atoms with Gasteiger partial charge in [0.05, 0.1) is 39.5 Å². The molecular weight excluding hydrogens is 388 g/mol. The first-order valence-electron chi connectivity index (χ1n) is 9.44.